The van der Waals surface area contributed by atoms with E-state index in [-0.39, 0.29) is 67.5 Å². The van der Waals surface area contributed by atoms with Crippen LogP contribution in [-0.2, 0) is 4.79 Å². The lowest BCUT2D eigenvalue weighted by molar-refractivity contribution is -0.134. The lowest BCUT2D eigenvalue weighted by atomic mass is 9.79. The van der Waals surface area contributed by atoms with E-state index in [2.05, 4.69) is 30.7 Å². The molecular weight excluding hydrogens is 546 g/mol. The number of fused-ring (bicyclic) bond motifs is 2. The summed E-state index contributed by atoms with van der Waals surface area (Å²) in [7, 11) is 0. The maximum Gasteiger partial charge on any atom is 0.276 e. The van der Waals surface area contributed by atoms with Crippen molar-refractivity contribution in [2.75, 3.05) is 0 Å². The Morgan fingerprint density at radius 3 is 2.44 bits per heavy atom. The number of hydrogen-bond donors (Lipinski definition) is 2. The molecule has 14 heteroatoms. The van der Waals surface area contributed by atoms with Crippen molar-refractivity contribution in [2.24, 2.45) is 29.6 Å². The molecule has 2 N–H and O–H groups in total. The molecule has 2 amide bonds. The first-order valence-electron chi connectivity index (χ1n) is 14.0. The van der Waals surface area contributed by atoms with Crippen LogP contribution in [0.5, 0.6) is 0 Å². The molecule has 4 fully saturated rings. The highest BCUT2D eigenvalue weighted by Gasteiger charge is 2.72. The number of aromatic nitrogens is 5. The average molecular weight is 576 g/mol. The van der Waals surface area contributed by atoms with Gasteiger partial charge in [-0.25, -0.2) is 31.7 Å². The maximum atomic E-state index is 14.0. The van der Waals surface area contributed by atoms with E-state index in [4.69, 9.17) is 4.98 Å². The number of nitrogens with zero attached hydrogens (tertiary/aromatic N) is 5. The molecule has 3 heterocycles. The third kappa shape index (κ3) is 4.84. The zero-order valence-corrected chi connectivity index (χ0v) is 22.2. The number of nitrogens with one attached hydrogen (secondary N) is 2. The molecule has 0 aromatic carbocycles. The fourth-order valence-electron chi connectivity index (χ4n) is 6.76. The Morgan fingerprint density at radius 2 is 1.80 bits per heavy atom. The first kappa shape index (κ1) is 26.3. The van der Waals surface area contributed by atoms with Gasteiger partial charge in [-0.2, -0.15) is 5.10 Å². The SMILES string of the molecule is Cc1nonc1C(=O)NC(c1cn2ncc([C@H](NC(=O)CC3CC(F)(F)C3)C3CC3)cc2n1)[C@@H]1C[C@@H]2[C@H](C1)C2(F)F. The molecule has 218 valence electrons. The molecule has 4 aliphatic rings. The number of rotatable bonds is 9. The number of hydrogen-bond acceptors (Lipinski definition) is 7. The maximum absolute atomic E-state index is 14.0. The molecule has 7 rings (SSSR count). The third-order valence-electron chi connectivity index (χ3n) is 9.20. The minimum atomic E-state index is -2.67. The smallest absolute Gasteiger partial charge is 0.276 e. The number of carbonyl (C=O) groups excluding carboxylic acids is 2. The van der Waals surface area contributed by atoms with E-state index in [1.807, 2.05) is 6.07 Å². The van der Waals surface area contributed by atoms with Crippen molar-refractivity contribution in [1.29, 1.82) is 0 Å². The molecule has 10 nitrogen and oxygen atoms in total. The molecular formula is C27H29F4N7O3. The van der Waals surface area contributed by atoms with Crippen molar-refractivity contribution in [3.8, 4) is 0 Å². The quantitative estimate of drug-likeness (QED) is 0.367. The van der Waals surface area contributed by atoms with Crippen molar-refractivity contribution in [3.05, 3.63) is 41.1 Å². The molecule has 0 radical (unpaired) electrons. The molecule has 4 saturated carbocycles. The Bertz CT molecular complexity index is 1500. The first-order valence-corrected chi connectivity index (χ1v) is 14.0. The molecule has 5 atom stereocenters. The highest BCUT2D eigenvalue weighted by molar-refractivity contribution is 5.93. The normalized spacial score (nSPS) is 27.6. The number of alkyl halides is 4. The number of imidazole rings is 1. The van der Waals surface area contributed by atoms with Gasteiger partial charge in [-0.1, -0.05) is 5.16 Å². The van der Waals surface area contributed by atoms with Gasteiger partial charge in [0.1, 0.15) is 5.69 Å². The fourth-order valence-corrected chi connectivity index (χ4v) is 6.76. The number of aryl methyl sites for hydroxylation is 1. The Morgan fingerprint density at radius 1 is 1.07 bits per heavy atom. The molecule has 1 unspecified atom stereocenters. The van der Waals surface area contributed by atoms with Crippen molar-refractivity contribution in [2.45, 2.75) is 75.8 Å². The van der Waals surface area contributed by atoms with Gasteiger partial charge in [0.05, 0.1) is 30.2 Å². The van der Waals surface area contributed by atoms with Gasteiger partial charge in [0.15, 0.2) is 11.3 Å². The molecule has 3 aromatic rings. The van der Waals surface area contributed by atoms with Crippen molar-refractivity contribution >= 4 is 17.5 Å². The van der Waals surface area contributed by atoms with Crippen LogP contribution in [0.25, 0.3) is 5.65 Å². The summed E-state index contributed by atoms with van der Waals surface area (Å²) < 4.78 is 60.6. The van der Waals surface area contributed by atoms with E-state index >= 15 is 0 Å². The van der Waals surface area contributed by atoms with Crippen LogP contribution in [0, 0.1) is 36.5 Å². The third-order valence-corrected chi connectivity index (χ3v) is 9.20. The minimum Gasteiger partial charge on any atom is -0.349 e. The van der Waals surface area contributed by atoms with E-state index in [1.165, 1.54) is 0 Å². The Balaban J connectivity index is 1.12. The van der Waals surface area contributed by atoms with Crippen LogP contribution in [0.15, 0.2) is 23.1 Å². The summed E-state index contributed by atoms with van der Waals surface area (Å²) in [5.41, 5.74) is 2.02. The highest BCUT2D eigenvalue weighted by atomic mass is 19.3. The summed E-state index contributed by atoms with van der Waals surface area (Å²) in [4.78, 5) is 30.4. The monoisotopic (exact) mass is 575 g/mol. The second kappa shape index (κ2) is 9.21. The Hall–Kier alpha value is -3.58. The van der Waals surface area contributed by atoms with Crippen LogP contribution in [0.4, 0.5) is 17.6 Å². The van der Waals surface area contributed by atoms with Crippen LogP contribution >= 0.6 is 0 Å². The zero-order valence-electron chi connectivity index (χ0n) is 22.2. The molecule has 3 aromatic heterocycles. The lowest BCUT2D eigenvalue weighted by Crippen LogP contribution is -2.39. The van der Waals surface area contributed by atoms with Crippen molar-refractivity contribution < 1.29 is 31.8 Å². The topological polar surface area (TPSA) is 127 Å². The van der Waals surface area contributed by atoms with Crippen LogP contribution in [0.2, 0.25) is 0 Å². The van der Waals surface area contributed by atoms with Crippen molar-refractivity contribution in [1.82, 2.24) is 35.5 Å². The summed E-state index contributed by atoms with van der Waals surface area (Å²) in [6, 6.07) is 0.831. The molecule has 41 heavy (non-hydrogen) atoms. The standard InChI is InChI=1S/C27H29F4N7O3/c1-12-22(37-41-36-12)25(40)35-24(15-5-17-18(6-15)27(17,30)31)19-11-38-20(33-19)7-16(10-32-38)23(14-2-3-14)34-21(39)4-13-8-26(28,29)9-13/h7,10-11,13-15,17-18,23-24H,2-6,8-9H2,1H3,(H,34,39)(H,35,40)/t15-,17-,18+,23-,24?/m1/s1. The number of amides is 2. The van der Waals surface area contributed by atoms with Crippen LogP contribution in [-0.4, -0.2) is 48.6 Å². The summed E-state index contributed by atoms with van der Waals surface area (Å²) in [5.74, 6) is -7.86. The van der Waals surface area contributed by atoms with Gasteiger partial charge >= 0.3 is 0 Å². The second-order valence-corrected chi connectivity index (χ2v) is 12.2. The van der Waals surface area contributed by atoms with Crippen LogP contribution in [0.3, 0.4) is 0 Å². The first-order chi connectivity index (χ1) is 19.5. The Labute approximate surface area is 231 Å². The fraction of sp³-hybridized carbons (Fsp3) is 0.630. The van der Waals surface area contributed by atoms with Gasteiger partial charge in [0.2, 0.25) is 11.8 Å². The molecule has 0 aliphatic heterocycles. The predicted molar refractivity (Wildman–Crippen MR) is 133 cm³/mol. The molecule has 0 bridgehead atoms. The van der Waals surface area contributed by atoms with Gasteiger partial charge in [-0.05, 0) is 67.1 Å². The zero-order chi connectivity index (χ0) is 28.7. The highest BCUT2D eigenvalue weighted by Crippen LogP contribution is 2.67. The van der Waals surface area contributed by atoms with E-state index in [1.54, 1.807) is 23.8 Å². The summed E-state index contributed by atoms with van der Waals surface area (Å²) >= 11 is 0. The van der Waals surface area contributed by atoms with Gasteiger partial charge in [-0.15, -0.1) is 0 Å². The van der Waals surface area contributed by atoms with E-state index in [0.717, 1.165) is 18.4 Å². The van der Waals surface area contributed by atoms with E-state index in [0.29, 0.717) is 17.0 Å². The largest absolute Gasteiger partial charge is 0.349 e. The van der Waals surface area contributed by atoms with Gasteiger partial charge in [0, 0.05) is 31.1 Å². The number of halogens is 4. The van der Waals surface area contributed by atoms with Crippen LogP contribution in [0.1, 0.15) is 84.5 Å². The van der Waals surface area contributed by atoms with E-state index < -0.39 is 35.6 Å². The number of carbonyl (C=O) groups is 2. The second-order valence-electron chi connectivity index (χ2n) is 12.2. The van der Waals surface area contributed by atoms with Gasteiger partial charge in [-0.3, -0.25) is 9.59 Å². The molecule has 0 saturated heterocycles. The summed E-state index contributed by atoms with van der Waals surface area (Å²) in [5, 5.41) is 17.7. The predicted octanol–water partition coefficient (Wildman–Crippen LogP) is 4.19. The van der Waals surface area contributed by atoms with Crippen molar-refractivity contribution in [3.63, 3.8) is 0 Å². The minimum absolute atomic E-state index is 0.0151. The van der Waals surface area contributed by atoms with Crippen LogP contribution < -0.4 is 10.6 Å². The average Bonchev–Trinajstić information content (AvgIpc) is 3.52. The Kier molecular flexibility index (Phi) is 5.92. The molecule has 4 aliphatic carbocycles. The van der Waals surface area contributed by atoms with Gasteiger partial charge in [0.25, 0.3) is 11.8 Å². The lowest BCUT2D eigenvalue weighted by Gasteiger charge is -2.34. The van der Waals surface area contributed by atoms with Gasteiger partial charge < -0.3 is 10.6 Å². The summed E-state index contributed by atoms with van der Waals surface area (Å²) in [6.45, 7) is 1.58. The summed E-state index contributed by atoms with van der Waals surface area (Å²) in [6.07, 6.45) is 5.22. The molecule has 0 spiro atoms. The van der Waals surface area contributed by atoms with E-state index in [9.17, 15) is 27.2 Å².